The van der Waals surface area contributed by atoms with Crippen LogP contribution in [0.15, 0.2) is 47.2 Å². The van der Waals surface area contributed by atoms with Crippen molar-refractivity contribution in [3.63, 3.8) is 0 Å². The number of pyridine rings is 1. The minimum Gasteiger partial charge on any atom is -0.493 e. The molecule has 3 aromatic rings. The third kappa shape index (κ3) is 5.27. The fraction of sp³-hybridized carbons (Fsp3) is 0.391. The third-order valence-electron chi connectivity index (χ3n) is 5.18. The van der Waals surface area contributed by atoms with Gasteiger partial charge in [-0.3, -0.25) is 9.78 Å². The molecule has 2 aromatic heterocycles. The predicted molar refractivity (Wildman–Crippen MR) is 113 cm³/mol. The van der Waals surface area contributed by atoms with E-state index in [0.717, 1.165) is 16.9 Å². The van der Waals surface area contributed by atoms with Crippen LogP contribution >= 0.6 is 0 Å². The van der Waals surface area contributed by atoms with Gasteiger partial charge in [-0.1, -0.05) is 22.9 Å². The van der Waals surface area contributed by atoms with Gasteiger partial charge in [0, 0.05) is 30.9 Å². The molecular weight excluding hydrogens is 396 g/mol. The van der Waals surface area contributed by atoms with Gasteiger partial charge in [0.2, 0.25) is 11.7 Å². The zero-order valence-corrected chi connectivity index (χ0v) is 17.8. The molecule has 31 heavy (non-hydrogen) atoms. The van der Waals surface area contributed by atoms with Crippen molar-refractivity contribution >= 4 is 5.91 Å². The first-order chi connectivity index (χ1) is 15.1. The largest absolute Gasteiger partial charge is 0.493 e. The van der Waals surface area contributed by atoms with E-state index in [4.69, 9.17) is 14.0 Å². The van der Waals surface area contributed by atoms with Crippen LogP contribution in [0.25, 0.3) is 11.4 Å². The summed E-state index contributed by atoms with van der Waals surface area (Å²) in [5.41, 5.74) is 3.08. The number of hydrogen-bond acceptors (Lipinski definition) is 7. The third-order valence-corrected chi connectivity index (χ3v) is 5.18. The molecule has 0 radical (unpaired) electrons. The number of ether oxygens (including phenoxy) is 2. The van der Waals surface area contributed by atoms with E-state index < -0.39 is 6.10 Å². The van der Waals surface area contributed by atoms with E-state index in [0.29, 0.717) is 50.9 Å². The van der Waals surface area contributed by atoms with Gasteiger partial charge in [0.15, 0.2) is 6.10 Å². The highest BCUT2D eigenvalue weighted by molar-refractivity contribution is 5.76. The molecule has 162 valence electrons. The van der Waals surface area contributed by atoms with Crippen molar-refractivity contribution in [1.82, 2.24) is 20.0 Å². The van der Waals surface area contributed by atoms with Crippen molar-refractivity contribution < 1.29 is 18.8 Å². The van der Waals surface area contributed by atoms with E-state index >= 15 is 0 Å². The van der Waals surface area contributed by atoms with Crippen LogP contribution in [0, 0.1) is 13.8 Å². The number of hydrogen-bond donors (Lipinski definition) is 0. The summed E-state index contributed by atoms with van der Waals surface area (Å²) in [4.78, 5) is 22.9. The predicted octanol–water partition coefficient (Wildman–Crippen LogP) is 3.51. The maximum absolute atomic E-state index is 12.7. The Kier molecular flexibility index (Phi) is 6.57. The molecule has 1 amide bonds. The molecular formula is C23H26N4O4. The highest BCUT2D eigenvalue weighted by Crippen LogP contribution is 2.24. The average molecular weight is 422 g/mol. The van der Waals surface area contributed by atoms with Crippen molar-refractivity contribution in [3.05, 3.63) is 59.7 Å². The van der Waals surface area contributed by atoms with Crippen LogP contribution in [-0.2, 0) is 9.53 Å². The van der Waals surface area contributed by atoms with Crippen molar-refractivity contribution in [1.29, 1.82) is 0 Å². The standard InChI is InChI=1S/C23H26N4O4/c1-16-7-8-19(17(2)13-16)29-11-4-6-21(28)27-10-12-30-20(15-27)23-25-22(26-31-23)18-5-3-9-24-14-18/h3,5,7-9,13-14,20H,4,6,10-12,15H2,1-2H3/t20-/m0/s1. The van der Waals surface area contributed by atoms with Gasteiger partial charge in [0.05, 0.1) is 19.8 Å². The minimum absolute atomic E-state index is 0.0736. The molecule has 8 heteroatoms. The molecule has 0 spiro atoms. The zero-order valence-electron chi connectivity index (χ0n) is 17.8. The molecule has 0 saturated carbocycles. The molecule has 8 nitrogen and oxygen atoms in total. The molecule has 1 atom stereocenters. The van der Waals surface area contributed by atoms with E-state index in [1.807, 2.05) is 31.2 Å². The number of benzene rings is 1. The molecule has 0 bridgehead atoms. The Morgan fingerprint density at radius 2 is 2.19 bits per heavy atom. The van der Waals surface area contributed by atoms with E-state index in [1.165, 1.54) is 5.56 Å². The molecule has 1 fully saturated rings. The lowest BCUT2D eigenvalue weighted by molar-refractivity contribution is -0.140. The highest BCUT2D eigenvalue weighted by atomic mass is 16.5. The number of nitrogens with zero attached hydrogens (tertiary/aromatic N) is 4. The Morgan fingerprint density at radius 3 is 3.00 bits per heavy atom. The van der Waals surface area contributed by atoms with Gasteiger partial charge < -0.3 is 18.9 Å². The first-order valence-corrected chi connectivity index (χ1v) is 10.4. The first-order valence-electron chi connectivity index (χ1n) is 10.4. The summed E-state index contributed by atoms with van der Waals surface area (Å²) in [6.45, 7) is 5.96. The molecule has 0 aliphatic carbocycles. The zero-order chi connectivity index (χ0) is 21.6. The maximum atomic E-state index is 12.7. The molecule has 0 unspecified atom stereocenters. The van der Waals surface area contributed by atoms with Gasteiger partial charge in [0.1, 0.15) is 5.75 Å². The molecule has 4 rings (SSSR count). The van der Waals surface area contributed by atoms with E-state index in [-0.39, 0.29) is 5.91 Å². The first kappa shape index (κ1) is 21.0. The molecule has 1 aromatic carbocycles. The fourth-order valence-electron chi connectivity index (χ4n) is 3.53. The van der Waals surface area contributed by atoms with Crippen LogP contribution in [0.2, 0.25) is 0 Å². The summed E-state index contributed by atoms with van der Waals surface area (Å²) in [5.74, 6) is 1.77. The van der Waals surface area contributed by atoms with E-state index in [9.17, 15) is 4.79 Å². The van der Waals surface area contributed by atoms with Crippen molar-refractivity contribution in [3.8, 4) is 17.1 Å². The lowest BCUT2D eigenvalue weighted by Gasteiger charge is -2.31. The van der Waals surface area contributed by atoms with Crippen molar-refractivity contribution in [2.24, 2.45) is 0 Å². The summed E-state index contributed by atoms with van der Waals surface area (Å²) in [6, 6.07) is 9.76. The molecule has 0 N–H and O–H groups in total. The van der Waals surface area contributed by atoms with Gasteiger partial charge in [-0.15, -0.1) is 0 Å². The summed E-state index contributed by atoms with van der Waals surface area (Å²) in [6.07, 6.45) is 4.00. The summed E-state index contributed by atoms with van der Waals surface area (Å²) in [5, 5.41) is 4.01. The number of aromatic nitrogens is 3. The van der Waals surface area contributed by atoms with Crippen LogP contribution in [0.4, 0.5) is 0 Å². The lowest BCUT2D eigenvalue weighted by atomic mass is 10.1. The number of amides is 1. The SMILES string of the molecule is Cc1ccc(OCCCC(=O)N2CCO[C@H](c3nc(-c4cccnc4)no3)C2)c(C)c1. The summed E-state index contributed by atoms with van der Waals surface area (Å²) in [7, 11) is 0. The lowest BCUT2D eigenvalue weighted by Crippen LogP contribution is -2.42. The van der Waals surface area contributed by atoms with E-state index in [1.54, 1.807) is 17.3 Å². The molecule has 1 aliphatic heterocycles. The Labute approximate surface area is 181 Å². The Bertz CT molecular complexity index is 1020. The van der Waals surface area contributed by atoms with Crippen LogP contribution < -0.4 is 4.74 Å². The van der Waals surface area contributed by atoms with Crippen LogP contribution in [0.3, 0.4) is 0 Å². The summed E-state index contributed by atoms with van der Waals surface area (Å²) >= 11 is 0. The molecule has 1 aliphatic rings. The van der Waals surface area contributed by atoms with Crippen LogP contribution in [0.1, 0.15) is 36.0 Å². The second kappa shape index (κ2) is 9.70. The van der Waals surface area contributed by atoms with Gasteiger partial charge in [-0.05, 0) is 44.0 Å². The quantitative estimate of drug-likeness (QED) is 0.538. The average Bonchev–Trinajstić information content (AvgIpc) is 3.29. The smallest absolute Gasteiger partial charge is 0.257 e. The second-order valence-electron chi connectivity index (χ2n) is 7.62. The second-order valence-corrected chi connectivity index (χ2v) is 7.62. The van der Waals surface area contributed by atoms with Crippen molar-refractivity contribution in [2.45, 2.75) is 32.8 Å². The number of aryl methyl sites for hydroxylation is 2. The van der Waals surface area contributed by atoms with Crippen LogP contribution in [-0.4, -0.2) is 52.2 Å². The summed E-state index contributed by atoms with van der Waals surface area (Å²) < 4.78 is 17.0. The van der Waals surface area contributed by atoms with Gasteiger partial charge in [0.25, 0.3) is 5.89 Å². The normalized spacial score (nSPS) is 16.3. The van der Waals surface area contributed by atoms with Gasteiger partial charge >= 0.3 is 0 Å². The topological polar surface area (TPSA) is 90.6 Å². The Morgan fingerprint density at radius 1 is 1.29 bits per heavy atom. The van der Waals surface area contributed by atoms with Crippen molar-refractivity contribution in [2.75, 3.05) is 26.3 Å². The Balaban J connectivity index is 1.27. The number of carbonyl (C=O) groups is 1. The number of carbonyl (C=O) groups excluding carboxylic acids is 1. The van der Waals surface area contributed by atoms with E-state index in [2.05, 4.69) is 28.1 Å². The Hall–Kier alpha value is -3.26. The molecule has 3 heterocycles. The van der Waals surface area contributed by atoms with Gasteiger partial charge in [-0.25, -0.2) is 0 Å². The minimum atomic E-state index is -0.429. The number of rotatable bonds is 7. The number of morpholine rings is 1. The maximum Gasteiger partial charge on any atom is 0.257 e. The van der Waals surface area contributed by atoms with Crippen LogP contribution in [0.5, 0.6) is 5.75 Å². The van der Waals surface area contributed by atoms with Gasteiger partial charge in [-0.2, -0.15) is 4.98 Å². The highest BCUT2D eigenvalue weighted by Gasteiger charge is 2.29. The fourth-order valence-corrected chi connectivity index (χ4v) is 3.53. The monoisotopic (exact) mass is 422 g/mol. The molecule has 1 saturated heterocycles.